The molecule has 0 aliphatic carbocycles. The number of hydrogen-bond donors (Lipinski definition) is 1. The number of piperazine rings is 1. The molecule has 0 spiro atoms. The van der Waals surface area contributed by atoms with E-state index < -0.39 is 0 Å². The van der Waals surface area contributed by atoms with Gasteiger partial charge in [0.2, 0.25) is 0 Å². The number of urea groups is 1. The van der Waals surface area contributed by atoms with E-state index in [2.05, 4.69) is 39.2 Å². The van der Waals surface area contributed by atoms with Crippen LogP contribution in [0.3, 0.4) is 0 Å². The molecule has 0 radical (unpaired) electrons. The van der Waals surface area contributed by atoms with E-state index in [0.717, 1.165) is 24.7 Å². The highest BCUT2D eigenvalue weighted by atomic mass is 16.6. The van der Waals surface area contributed by atoms with E-state index in [1.807, 2.05) is 29.2 Å². The van der Waals surface area contributed by atoms with Crippen molar-refractivity contribution in [2.75, 3.05) is 67.6 Å². The van der Waals surface area contributed by atoms with Gasteiger partial charge in [0.1, 0.15) is 13.2 Å². The summed E-state index contributed by atoms with van der Waals surface area (Å²) in [5.41, 5.74) is 0.699. The lowest BCUT2D eigenvalue weighted by atomic mass is 10.2. The number of anilines is 3. The minimum Gasteiger partial charge on any atom is -0.486 e. The molecule has 0 bridgehead atoms. The molecule has 2 aromatic rings. The summed E-state index contributed by atoms with van der Waals surface area (Å²) >= 11 is 0. The van der Waals surface area contributed by atoms with Crippen molar-refractivity contribution in [3.05, 3.63) is 30.3 Å². The number of nitrogens with one attached hydrogen (secondary N) is 1. The van der Waals surface area contributed by atoms with Gasteiger partial charge in [-0.2, -0.15) is 0 Å². The summed E-state index contributed by atoms with van der Waals surface area (Å²) in [5.74, 6) is 3.11. The van der Waals surface area contributed by atoms with Gasteiger partial charge in [-0.05, 0) is 38.1 Å². The molecule has 30 heavy (non-hydrogen) atoms. The fourth-order valence-corrected chi connectivity index (χ4v) is 3.67. The van der Waals surface area contributed by atoms with E-state index in [1.165, 1.54) is 0 Å². The fraction of sp³-hybridized carbons (Fsp3) is 0.476. The highest BCUT2D eigenvalue weighted by Crippen LogP contribution is 2.32. The first kappa shape index (κ1) is 20.1. The van der Waals surface area contributed by atoms with Crippen molar-refractivity contribution < 1.29 is 14.3 Å². The van der Waals surface area contributed by atoms with Crippen LogP contribution in [0.2, 0.25) is 0 Å². The second kappa shape index (κ2) is 9.06. The smallest absolute Gasteiger partial charge is 0.321 e. The van der Waals surface area contributed by atoms with Crippen molar-refractivity contribution in [2.45, 2.75) is 13.8 Å². The third-order valence-corrected chi connectivity index (χ3v) is 5.41. The Bertz CT molecular complexity index is 864. The van der Waals surface area contributed by atoms with Crippen LogP contribution in [-0.2, 0) is 0 Å². The number of aromatic nitrogens is 2. The molecule has 1 aromatic carbocycles. The summed E-state index contributed by atoms with van der Waals surface area (Å²) in [7, 11) is 0. The number of fused-ring (bicyclic) bond motifs is 1. The van der Waals surface area contributed by atoms with Crippen molar-refractivity contribution in [3.63, 3.8) is 0 Å². The first-order valence-corrected chi connectivity index (χ1v) is 10.5. The normalized spacial score (nSPS) is 15.7. The zero-order chi connectivity index (χ0) is 20.9. The number of carbonyl (C=O) groups excluding carboxylic acids is 1. The van der Waals surface area contributed by atoms with Crippen molar-refractivity contribution in [3.8, 4) is 11.5 Å². The first-order valence-electron chi connectivity index (χ1n) is 10.5. The lowest BCUT2D eigenvalue weighted by Crippen LogP contribution is -2.50. The Morgan fingerprint density at radius 1 is 1.00 bits per heavy atom. The van der Waals surface area contributed by atoms with Crippen LogP contribution >= 0.6 is 0 Å². The maximum absolute atomic E-state index is 12.7. The van der Waals surface area contributed by atoms with Gasteiger partial charge in [0.15, 0.2) is 23.1 Å². The van der Waals surface area contributed by atoms with Gasteiger partial charge in [-0.15, -0.1) is 10.2 Å². The molecule has 9 heteroatoms. The third kappa shape index (κ3) is 4.34. The Morgan fingerprint density at radius 3 is 2.40 bits per heavy atom. The summed E-state index contributed by atoms with van der Waals surface area (Å²) in [4.78, 5) is 18.8. The molecular weight excluding hydrogens is 384 g/mol. The van der Waals surface area contributed by atoms with E-state index in [0.29, 0.717) is 56.6 Å². The van der Waals surface area contributed by atoms with Crippen LogP contribution in [0.4, 0.5) is 22.1 Å². The topological polar surface area (TPSA) is 83.1 Å². The number of carbonyl (C=O) groups is 1. The Hall–Kier alpha value is -3.23. The number of ether oxygens (including phenoxy) is 2. The third-order valence-electron chi connectivity index (χ3n) is 5.41. The summed E-state index contributed by atoms with van der Waals surface area (Å²) in [6.07, 6.45) is 0. The second-order valence-electron chi connectivity index (χ2n) is 7.18. The van der Waals surface area contributed by atoms with Crippen molar-refractivity contribution in [1.29, 1.82) is 0 Å². The largest absolute Gasteiger partial charge is 0.486 e. The lowest BCUT2D eigenvalue weighted by molar-refractivity contribution is 0.171. The predicted molar refractivity (Wildman–Crippen MR) is 116 cm³/mol. The second-order valence-corrected chi connectivity index (χ2v) is 7.18. The highest BCUT2D eigenvalue weighted by Gasteiger charge is 2.23. The molecule has 0 unspecified atom stereocenters. The molecule has 4 rings (SSSR count). The molecule has 2 amide bonds. The van der Waals surface area contributed by atoms with Crippen molar-refractivity contribution >= 4 is 23.4 Å². The van der Waals surface area contributed by atoms with E-state index >= 15 is 0 Å². The van der Waals surface area contributed by atoms with Crippen LogP contribution in [0.5, 0.6) is 11.5 Å². The van der Waals surface area contributed by atoms with Gasteiger partial charge in [0, 0.05) is 51.0 Å². The average molecular weight is 412 g/mol. The van der Waals surface area contributed by atoms with Crippen LogP contribution in [0.1, 0.15) is 13.8 Å². The molecule has 2 aliphatic rings. The van der Waals surface area contributed by atoms with Gasteiger partial charge < -0.3 is 29.5 Å². The monoisotopic (exact) mass is 412 g/mol. The molecule has 2 aliphatic heterocycles. The zero-order valence-corrected chi connectivity index (χ0v) is 17.5. The fourth-order valence-electron chi connectivity index (χ4n) is 3.67. The number of benzene rings is 1. The Kier molecular flexibility index (Phi) is 6.06. The number of nitrogens with zero attached hydrogens (tertiary/aromatic N) is 5. The minimum absolute atomic E-state index is 0.116. The summed E-state index contributed by atoms with van der Waals surface area (Å²) in [5, 5.41) is 11.7. The zero-order valence-electron chi connectivity index (χ0n) is 17.5. The molecule has 1 fully saturated rings. The van der Waals surface area contributed by atoms with Gasteiger partial charge >= 0.3 is 6.03 Å². The number of rotatable bonds is 5. The molecule has 1 aromatic heterocycles. The highest BCUT2D eigenvalue weighted by molar-refractivity contribution is 5.90. The van der Waals surface area contributed by atoms with Crippen LogP contribution in [0, 0.1) is 0 Å². The maximum Gasteiger partial charge on any atom is 0.321 e. The van der Waals surface area contributed by atoms with Crippen LogP contribution in [-0.4, -0.2) is 73.6 Å². The lowest BCUT2D eigenvalue weighted by Gasteiger charge is -2.35. The number of hydrogen-bond acceptors (Lipinski definition) is 7. The first-order chi connectivity index (χ1) is 14.7. The van der Waals surface area contributed by atoms with Gasteiger partial charge in [-0.25, -0.2) is 4.79 Å². The molecule has 1 N–H and O–H groups in total. The Balaban J connectivity index is 1.31. The quantitative estimate of drug-likeness (QED) is 0.808. The van der Waals surface area contributed by atoms with Crippen molar-refractivity contribution in [1.82, 2.24) is 15.1 Å². The van der Waals surface area contributed by atoms with Gasteiger partial charge in [0.25, 0.3) is 0 Å². The van der Waals surface area contributed by atoms with Crippen LogP contribution in [0.25, 0.3) is 0 Å². The summed E-state index contributed by atoms with van der Waals surface area (Å²) in [6.45, 7) is 9.76. The molecule has 1 saturated heterocycles. The average Bonchev–Trinajstić information content (AvgIpc) is 2.80. The molecule has 0 saturated carbocycles. The minimum atomic E-state index is -0.116. The summed E-state index contributed by atoms with van der Waals surface area (Å²) in [6, 6.07) is 9.35. The number of amides is 2. The van der Waals surface area contributed by atoms with Gasteiger partial charge in [-0.3, -0.25) is 0 Å². The van der Waals surface area contributed by atoms with E-state index in [-0.39, 0.29) is 6.03 Å². The van der Waals surface area contributed by atoms with Crippen LogP contribution in [0.15, 0.2) is 30.3 Å². The SMILES string of the molecule is CCN(CC)c1ccc(N2CCN(C(=O)Nc3ccc4c(c3)OCCO4)CC2)nn1. The van der Waals surface area contributed by atoms with E-state index in [4.69, 9.17) is 9.47 Å². The maximum atomic E-state index is 12.7. The molecular formula is C21H28N6O3. The standard InChI is InChI=1S/C21H28N6O3/c1-3-25(4-2)19-7-8-20(24-23-19)26-9-11-27(12-10-26)21(28)22-16-5-6-17-18(15-16)30-14-13-29-17/h5-8,15H,3-4,9-14H2,1-2H3,(H,22,28). The molecule has 3 heterocycles. The molecule has 0 atom stereocenters. The van der Waals surface area contributed by atoms with E-state index in [1.54, 1.807) is 6.07 Å². The van der Waals surface area contributed by atoms with Crippen LogP contribution < -0.4 is 24.6 Å². The molecule has 160 valence electrons. The van der Waals surface area contributed by atoms with E-state index in [9.17, 15) is 4.79 Å². The summed E-state index contributed by atoms with van der Waals surface area (Å²) < 4.78 is 11.1. The molecule has 9 nitrogen and oxygen atoms in total. The Morgan fingerprint density at radius 2 is 1.73 bits per heavy atom. The predicted octanol–water partition coefficient (Wildman–Crippen LogP) is 2.45. The Labute approximate surface area is 176 Å². The van der Waals surface area contributed by atoms with Crippen molar-refractivity contribution in [2.24, 2.45) is 0 Å². The van der Waals surface area contributed by atoms with Gasteiger partial charge in [0.05, 0.1) is 0 Å². The van der Waals surface area contributed by atoms with Gasteiger partial charge in [-0.1, -0.05) is 0 Å².